The van der Waals surface area contributed by atoms with Gasteiger partial charge in [-0.1, -0.05) is 24.3 Å². The maximum atomic E-state index is 12.1. The van der Waals surface area contributed by atoms with Gasteiger partial charge in [0.15, 0.2) is 0 Å². The summed E-state index contributed by atoms with van der Waals surface area (Å²) in [4.78, 5) is 12.1. The molecule has 1 aliphatic heterocycles. The molecule has 1 aromatic rings. The molecule has 0 spiro atoms. The maximum Gasteiger partial charge on any atom is 0.494 e. The van der Waals surface area contributed by atoms with E-state index in [1.807, 2.05) is 72.7 Å². The third-order valence-corrected chi connectivity index (χ3v) is 5.43. The Balaban J connectivity index is 1.70. The number of hydrogen-bond donors (Lipinski definition) is 1. The molecular formula is C20H30BNO4. The normalized spacial score (nSPS) is 22.8. The molecule has 0 atom stereocenters. The van der Waals surface area contributed by atoms with E-state index in [1.54, 1.807) is 0 Å². The van der Waals surface area contributed by atoms with Gasteiger partial charge in [0, 0.05) is 5.54 Å². The van der Waals surface area contributed by atoms with Gasteiger partial charge in [-0.15, -0.1) is 0 Å². The monoisotopic (exact) mass is 359 g/mol. The predicted molar refractivity (Wildman–Crippen MR) is 102 cm³/mol. The second-order valence-electron chi connectivity index (χ2n) is 9.47. The lowest BCUT2D eigenvalue weighted by Gasteiger charge is -2.32. The molecule has 1 amide bonds. The molecule has 1 saturated carbocycles. The molecule has 5 nitrogen and oxygen atoms in total. The van der Waals surface area contributed by atoms with Gasteiger partial charge in [-0.3, -0.25) is 0 Å². The molecule has 0 unspecified atom stereocenters. The van der Waals surface area contributed by atoms with Crippen LogP contribution in [0, 0.1) is 0 Å². The van der Waals surface area contributed by atoms with Crippen molar-refractivity contribution >= 4 is 18.7 Å². The Labute approximate surface area is 156 Å². The zero-order valence-corrected chi connectivity index (χ0v) is 16.9. The Bertz CT molecular complexity index is 671. The largest absolute Gasteiger partial charge is 0.494 e. The molecule has 1 heterocycles. The molecule has 0 bridgehead atoms. The molecule has 3 rings (SSSR count). The van der Waals surface area contributed by atoms with Crippen LogP contribution in [0.25, 0.3) is 0 Å². The van der Waals surface area contributed by atoms with Crippen LogP contribution in [0.2, 0.25) is 0 Å². The summed E-state index contributed by atoms with van der Waals surface area (Å²) in [6.45, 7) is 14.0. The number of alkyl carbamates (subject to hydrolysis) is 1. The van der Waals surface area contributed by atoms with Crippen molar-refractivity contribution in [3.8, 4) is 0 Å². The van der Waals surface area contributed by atoms with E-state index in [-0.39, 0.29) is 30.0 Å². The number of hydrogen-bond acceptors (Lipinski definition) is 4. The summed E-state index contributed by atoms with van der Waals surface area (Å²) < 4.78 is 17.9. The SMILES string of the molecule is CC(C)(C)NC(=O)OC1(c2ccc(B3OC(C)(C)C(C)(C)O3)cc2)CC1. The minimum atomic E-state index is -0.496. The van der Waals surface area contributed by atoms with E-state index in [0.29, 0.717) is 0 Å². The first-order valence-corrected chi connectivity index (χ1v) is 9.31. The van der Waals surface area contributed by atoms with Gasteiger partial charge in [-0.05, 0) is 72.3 Å². The quantitative estimate of drug-likeness (QED) is 0.840. The van der Waals surface area contributed by atoms with Gasteiger partial charge in [0.05, 0.1) is 11.2 Å². The first-order chi connectivity index (χ1) is 11.8. The average Bonchev–Trinajstić information content (AvgIpc) is 3.20. The molecular weight excluding hydrogens is 329 g/mol. The van der Waals surface area contributed by atoms with Crippen molar-refractivity contribution in [2.75, 3.05) is 0 Å². The van der Waals surface area contributed by atoms with Gasteiger partial charge >= 0.3 is 13.2 Å². The highest BCUT2D eigenvalue weighted by Gasteiger charge is 2.52. The fourth-order valence-corrected chi connectivity index (χ4v) is 3.00. The van der Waals surface area contributed by atoms with Gasteiger partial charge < -0.3 is 19.4 Å². The fourth-order valence-electron chi connectivity index (χ4n) is 3.00. The van der Waals surface area contributed by atoms with Crippen molar-refractivity contribution in [3.05, 3.63) is 29.8 Å². The summed E-state index contributed by atoms with van der Waals surface area (Å²) >= 11 is 0. The number of nitrogens with one attached hydrogen (secondary N) is 1. The van der Waals surface area contributed by atoms with Crippen LogP contribution in [0.1, 0.15) is 66.9 Å². The zero-order chi connectivity index (χ0) is 19.4. The molecule has 1 aliphatic carbocycles. The van der Waals surface area contributed by atoms with E-state index in [0.717, 1.165) is 23.9 Å². The first-order valence-electron chi connectivity index (χ1n) is 9.31. The topological polar surface area (TPSA) is 56.8 Å². The Morgan fingerprint density at radius 3 is 1.96 bits per heavy atom. The van der Waals surface area contributed by atoms with Gasteiger partial charge in [-0.25, -0.2) is 4.79 Å². The first kappa shape index (κ1) is 19.2. The van der Waals surface area contributed by atoms with E-state index in [1.165, 1.54) is 0 Å². The summed E-state index contributed by atoms with van der Waals surface area (Å²) in [5.74, 6) is 0. The van der Waals surface area contributed by atoms with Crippen LogP contribution in [0.5, 0.6) is 0 Å². The van der Waals surface area contributed by atoms with E-state index in [9.17, 15) is 4.79 Å². The van der Waals surface area contributed by atoms with Gasteiger partial charge in [-0.2, -0.15) is 0 Å². The van der Waals surface area contributed by atoms with Crippen LogP contribution in [0.4, 0.5) is 4.79 Å². The van der Waals surface area contributed by atoms with Crippen LogP contribution in [-0.2, 0) is 19.6 Å². The summed E-state index contributed by atoms with van der Waals surface area (Å²) in [7, 11) is -0.380. The Hall–Kier alpha value is -1.53. The highest BCUT2D eigenvalue weighted by Crippen LogP contribution is 2.49. The molecule has 1 aromatic carbocycles. The number of carbonyl (C=O) groups excluding carboxylic acids is 1. The number of amides is 1. The van der Waals surface area contributed by atoms with Crippen molar-refractivity contribution in [1.29, 1.82) is 0 Å². The number of carbonyl (C=O) groups is 1. The molecule has 2 fully saturated rings. The van der Waals surface area contributed by atoms with Crippen LogP contribution in [0.15, 0.2) is 24.3 Å². The molecule has 1 N–H and O–H groups in total. The summed E-state index contributed by atoms with van der Waals surface area (Å²) in [6.07, 6.45) is 1.32. The lowest BCUT2D eigenvalue weighted by atomic mass is 9.78. The fraction of sp³-hybridized carbons (Fsp3) is 0.650. The Morgan fingerprint density at radius 1 is 1.04 bits per heavy atom. The zero-order valence-electron chi connectivity index (χ0n) is 16.9. The number of ether oxygens (including phenoxy) is 1. The van der Waals surface area contributed by atoms with Gasteiger partial charge in [0.25, 0.3) is 0 Å². The van der Waals surface area contributed by atoms with Crippen LogP contribution >= 0.6 is 0 Å². The lowest BCUT2D eigenvalue weighted by Crippen LogP contribution is -2.42. The van der Waals surface area contributed by atoms with Crippen molar-refractivity contribution < 1.29 is 18.8 Å². The molecule has 0 radical (unpaired) electrons. The average molecular weight is 359 g/mol. The van der Waals surface area contributed by atoms with Gasteiger partial charge in [0.2, 0.25) is 0 Å². The van der Waals surface area contributed by atoms with Crippen LogP contribution < -0.4 is 10.8 Å². The number of rotatable bonds is 3. The minimum Gasteiger partial charge on any atom is -0.438 e. The second kappa shape index (κ2) is 5.99. The standard InChI is InChI=1S/C20H30BNO4/c1-17(2,3)22-16(23)24-20(12-13-20)14-8-10-15(11-9-14)21-25-18(4,5)19(6,7)26-21/h8-11H,12-13H2,1-7H3,(H,22,23). The van der Waals surface area contributed by atoms with Crippen LogP contribution in [-0.4, -0.2) is 30.0 Å². The molecule has 2 aliphatic rings. The summed E-state index contributed by atoms with van der Waals surface area (Å²) in [5.41, 5.74) is 0.464. The highest BCUT2D eigenvalue weighted by molar-refractivity contribution is 6.62. The van der Waals surface area contributed by atoms with E-state index >= 15 is 0 Å². The van der Waals surface area contributed by atoms with Crippen molar-refractivity contribution in [1.82, 2.24) is 5.32 Å². The van der Waals surface area contributed by atoms with E-state index in [4.69, 9.17) is 14.0 Å². The highest BCUT2D eigenvalue weighted by atomic mass is 16.7. The Kier molecular flexibility index (Phi) is 4.44. The predicted octanol–water partition coefficient (Wildman–Crippen LogP) is 3.50. The summed E-state index contributed by atoms with van der Waals surface area (Å²) in [6, 6.07) is 8.03. The molecule has 6 heteroatoms. The lowest BCUT2D eigenvalue weighted by molar-refractivity contribution is 0.00578. The van der Waals surface area contributed by atoms with Crippen molar-refractivity contribution in [3.63, 3.8) is 0 Å². The molecule has 1 saturated heterocycles. The van der Waals surface area contributed by atoms with Crippen molar-refractivity contribution in [2.24, 2.45) is 0 Å². The number of benzene rings is 1. The smallest absolute Gasteiger partial charge is 0.438 e. The molecule has 0 aromatic heterocycles. The van der Waals surface area contributed by atoms with E-state index < -0.39 is 5.60 Å². The molecule has 26 heavy (non-hydrogen) atoms. The van der Waals surface area contributed by atoms with E-state index in [2.05, 4.69) is 5.32 Å². The third kappa shape index (κ3) is 3.76. The van der Waals surface area contributed by atoms with Crippen LogP contribution in [0.3, 0.4) is 0 Å². The second-order valence-corrected chi connectivity index (χ2v) is 9.47. The van der Waals surface area contributed by atoms with Gasteiger partial charge in [0.1, 0.15) is 5.60 Å². The molecule has 142 valence electrons. The minimum absolute atomic E-state index is 0.312. The van der Waals surface area contributed by atoms with Crippen molar-refractivity contribution in [2.45, 2.75) is 83.6 Å². The Morgan fingerprint density at radius 2 is 1.54 bits per heavy atom. The maximum absolute atomic E-state index is 12.1. The third-order valence-electron chi connectivity index (χ3n) is 5.43. The summed E-state index contributed by atoms with van der Waals surface area (Å²) in [5, 5.41) is 2.86.